The molecule has 1 fully saturated rings. The molecular formula is C16H23N3O. The zero-order valence-electron chi connectivity index (χ0n) is 11.8. The van der Waals surface area contributed by atoms with Crippen LogP contribution in [0.3, 0.4) is 0 Å². The van der Waals surface area contributed by atoms with Crippen molar-refractivity contribution in [2.75, 3.05) is 24.6 Å². The molecule has 1 aromatic rings. The molecule has 0 amide bonds. The van der Waals surface area contributed by atoms with E-state index in [0.717, 1.165) is 38.2 Å². The quantitative estimate of drug-likeness (QED) is 0.818. The molecule has 1 saturated heterocycles. The first-order valence-corrected chi connectivity index (χ1v) is 7.56. The van der Waals surface area contributed by atoms with Gasteiger partial charge in [0.05, 0.1) is 0 Å². The Morgan fingerprint density at radius 1 is 1.25 bits per heavy atom. The first-order chi connectivity index (χ1) is 9.85. The van der Waals surface area contributed by atoms with Crippen molar-refractivity contribution in [3.8, 4) is 0 Å². The van der Waals surface area contributed by atoms with Crippen molar-refractivity contribution < 1.29 is 5.11 Å². The van der Waals surface area contributed by atoms with Gasteiger partial charge in [-0.2, -0.15) is 0 Å². The molecule has 0 unspecified atom stereocenters. The van der Waals surface area contributed by atoms with Crippen LogP contribution < -0.4 is 10.2 Å². The molecular weight excluding hydrogens is 250 g/mol. The molecule has 0 aromatic carbocycles. The molecule has 2 aliphatic rings. The molecule has 2 heterocycles. The number of rotatable bonds is 4. The zero-order valence-corrected chi connectivity index (χ0v) is 11.8. The Kier molecular flexibility index (Phi) is 4.33. The molecule has 0 spiro atoms. The lowest BCUT2D eigenvalue weighted by Crippen LogP contribution is -2.45. The molecule has 0 saturated carbocycles. The average molecular weight is 273 g/mol. The van der Waals surface area contributed by atoms with Crippen molar-refractivity contribution in [2.45, 2.75) is 31.3 Å². The topological polar surface area (TPSA) is 48.4 Å². The van der Waals surface area contributed by atoms with E-state index >= 15 is 0 Å². The van der Waals surface area contributed by atoms with Gasteiger partial charge in [-0.15, -0.1) is 0 Å². The van der Waals surface area contributed by atoms with E-state index in [0.29, 0.717) is 18.0 Å². The second kappa shape index (κ2) is 6.37. The Balaban J connectivity index is 1.46. The van der Waals surface area contributed by atoms with E-state index in [1.54, 1.807) is 0 Å². The highest BCUT2D eigenvalue weighted by Gasteiger charge is 2.24. The molecule has 2 N–H and O–H groups in total. The van der Waals surface area contributed by atoms with Gasteiger partial charge in [-0.1, -0.05) is 18.2 Å². The second-order valence-electron chi connectivity index (χ2n) is 5.79. The maximum Gasteiger partial charge on any atom is 0.128 e. The van der Waals surface area contributed by atoms with Gasteiger partial charge < -0.3 is 15.3 Å². The number of aliphatic hydroxyl groups excluding tert-OH is 1. The highest BCUT2D eigenvalue weighted by molar-refractivity contribution is 5.38. The van der Waals surface area contributed by atoms with Crippen LogP contribution in [-0.4, -0.2) is 41.9 Å². The van der Waals surface area contributed by atoms with Crippen molar-refractivity contribution >= 4 is 5.82 Å². The third-order valence-corrected chi connectivity index (χ3v) is 4.32. The average Bonchev–Trinajstić information content (AvgIpc) is 2.97. The Bertz CT molecular complexity index is 440. The summed E-state index contributed by atoms with van der Waals surface area (Å²) in [6, 6.07) is 7.12. The summed E-state index contributed by atoms with van der Waals surface area (Å²) in [5.74, 6) is 1.44. The molecule has 4 heteroatoms. The van der Waals surface area contributed by atoms with Crippen molar-refractivity contribution in [1.29, 1.82) is 0 Å². The van der Waals surface area contributed by atoms with Crippen LogP contribution >= 0.6 is 0 Å². The van der Waals surface area contributed by atoms with Gasteiger partial charge in [-0.05, 0) is 31.4 Å². The summed E-state index contributed by atoms with van der Waals surface area (Å²) < 4.78 is 0. The second-order valence-corrected chi connectivity index (χ2v) is 5.79. The summed E-state index contributed by atoms with van der Waals surface area (Å²) in [7, 11) is 0. The smallest absolute Gasteiger partial charge is 0.128 e. The lowest BCUT2D eigenvalue weighted by Gasteiger charge is -2.34. The van der Waals surface area contributed by atoms with E-state index < -0.39 is 0 Å². The van der Waals surface area contributed by atoms with Crippen LogP contribution in [0.15, 0.2) is 36.5 Å². The zero-order chi connectivity index (χ0) is 13.8. The summed E-state index contributed by atoms with van der Waals surface area (Å²) in [4.78, 5) is 6.78. The summed E-state index contributed by atoms with van der Waals surface area (Å²) in [6.45, 7) is 2.40. The molecule has 2 atom stereocenters. The number of pyridine rings is 1. The van der Waals surface area contributed by atoms with Crippen molar-refractivity contribution in [1.82, 2.24) is 10.3 Å². The fourth-order valence-electron chi connectivity index (χ4n) is 3.15. The van der Waals surface area contributed by atoms with E-state index in [9.17, 15) is 0 Å². The predicted molar refractivity (Wildman–Crippen MR) is 80.7 cm³/mol. The number of nitrogens with zero attached hydrogens (tertiary/aromatic N) is 2. The maximum absolute atomic E-state index is 9.16. The maximum atomic E-state index is 9.16. The minimum absolute atomic E-state index is 0.271. The highest BCUT2D eigenvalue weighted by Crippen LogP contribution is 2.21. The summed E-state index contributed by atoms with van der Waals surface area (Å²) in [5.41, 5.74) is 0. The Morgan fingerprint density at radius 2 is 2.10 bits per heavy atom. The van der Waals surface area contributed by atoms with E-state index in [2.05, 4.69) is 33.4 Å². The van der Waals surface area contributed by atoms with Crippen molar-refractivity contribution in [3.63, 3.8) is 0 Å². The summed E-state index contributed by atoms with van der Waals surface area (Å²) >= 11 is 0. The van der Waals surface area contributed by atoms with E-state index in [4.69, 9.17) is 5.11 Å². The largest absolute Gasteiger partial charge is 0.396 e. The van der Waals surface area contributed by atoms with Crippen molar-refractivity contribution in [3.05, 3.63) is 36.5 Å². The molecule has 1 aliphatic carbocycles. The van der Waals surface area contributed by atoms with Crippen LogP contribution in [0.5, 0.6) is 0 Å². The minimum atomic E-state index is 0.271. The molecule has 20 heavy (non-hydrogen) atoms. The van der Waals surface area contributed by atoms with Crippen LogP contribution in [0.1, 0.15) is 19.3 Å². The van der Waals surface area contributed by atoms with Crippen LogP contribution in [0.25, 0.3) is 0 Å². The SMILES string of the molecule is OC[C@H]1C=C[C@@H](NC2CCN(c3ccccn3)CC2)C1. The number of hydrogen-bond donors (Lipinski definition) is 2. The molecule has 0 bridgehead atoms. The van der Waals surface area contributed by atoms with E-state index in [1.165, 1.54) is 0 Å². The number of piperidine rings is 1. The van der Waals surface area contributed by atoms with Crippen LogP contribution in [0, 0.1) is 5.92 Å². The van der Waals surface area contributed by atoms with Gasteiger partial charge >= 0.3 is 0 Å². The van der Waals surface area contributed by atoms with Crippen LogP contribution in [0.2, 0.25) is 0 Å². The minimum Gasteiger partial charge on any atom is -0.396 e. The first kappa shape index (κ1) is 13.6. The molecule has 1 aromatic heterocycles. The number of aliphatic hydroxyl groups is 1. The highest BCUT2D eigenvalue weighted by atomic mass is 16.3. The molecule has 3 rings (SSSR count). The van der Waals surface area contributed by atoms with E-state index in [-0.39, 0.29) is 6.61 Å². The number of hydrogen-bond acceptors (Lipinski definition) is 4. The third kappa shape index (κ3) is 3.19. The predicted octanol–water partition coefficient (Wildman–Crippen LogP) is 1.58. The van der Waals surface area contributed by atoms with Gasteiger partial charge in [0.2, 0.25) is 0 Å². The Labute approximate surface area is 120 Å². The molecule has 4 nitrogen and oxygen atoms in total. The Morgan fingerprint density at radius 3 is 2.75 bits per heavy atom. The Hall–Kier alpha value is -1.39. The van der Waals surface area contributed by atoms with Gasteiger partial charge in [0, 0.05) is 43.9 Å². The number of aromatic nitrogens is 1. The van der Waals surface area contributed by atoms with Gasteiger partial charge in [0.25, 0.3) is 0 Å². The van der Waals surface area contributed by atoms with Crippen LogP contribution in [-0.2, 0) is 0 Å². The fourth-order valence-corrected chi connectivity index (χ4v) is 3.15. The van der Waals surface area contributed by atoms with Gasteiger partial charge in [-0.25, -0.2) is 4.98 Å². The number of anilines is 1. The fraction of sp³-hybridized carbons (Fsp3) is 0.562. The van der Waals surface area contributed by atoms with Crippen molar-refractivity contribution in [2.24, 2.45) is 5.92 Å². The van der Waals surface area contributed by atoms with Gasteiger partial charge in [-0.3, -0.25) is 0 Å². The van der Waals surface area contributed by atoms with E-state index in [1.807, 2.05) is 18.3 Å². The molecule has 0 radical (unpaired) electrons. The number of nitrogens with one attached hydrogen (secondary N) is 1. The van der Waals surface area contributed by atoms with Gasteiger partial charge in [0.1, 0.15) is 5.82 Å². The standard InChI is InChI=1S/C16H23N3O/c20-12-13-4-5-15(11-13)18-14-6-9-19(10-7-14)16-3-1-2-8-17-16/h1-5,8,13-15,18,20H,6-7,9-12H2/t13-,15+/m0/s1. The molecule has 1 aliphatic heterocycles. The summed E-state index contributed by atoms with van der Waals surface area (Å²) in [6.07, 6.45) is 9.57. The van der Waals surface area contributed by atoms with Crippen LogP contribution in [0.4, 0.5) is 5.82 Å². The normalized spacial score (nSPS) is 27.1. The monoisotopic (exact) mass is 273 g/mol. The summed E-state index contributed by atoms with van der Waals surface area (Å²) in [5, 5.41) is 12.9. The molecule has 108 valence electrons. The lowest BCUT2D eigenvalue weighted by molar-refractivity contribution is 0.243. The van der Waals surface area contributed by atoms with Gasteiger partial charge in [0.15, 0.2) is 0 Å². The first-order valence-electron chi connectivity index (χ1n) is 7.56. The third-order valence-electron chi connectivity index (χ3n) is 4.32. The lowest BCUT2D eigenvalue weighted by atomic mass is 10.0.